The molecule has 1 amide bonds. The number of carbonyl (C=O) groups excluding carboxylic acids is 1. The van der Waals surface area contributed by atoms with Gasteiger partial charge in [-0.1, -0.05) is 18.5 Å². The second-order valence-electron chi connectivity index (χ2n) is 7.12. The summed E-state index contributed by atoms with van der Waals surface area (Å²) in [5, 5.41) is 6.29. The van der Waals surface area contributed by atoms with Crippen molar-refractivity contribution in [3.05, 3.63) is 65.0 Å². The second-order valence-corrected chi connectivity index (χ2v) is 7.53. The number of nitrogens with zero attached hydrogens (tertiary/aromatic N) is 3. The summed E-state index contributed by atoms with van der Waals surface area (Å²) in [6.07, 6.45) is 3.22. The molecule has 1 heterocycles. The van der Waals surface area contributed by atoms with Crippen molar-refractivity contribution >= 4 is 45.6 Å². The Morgan fingerprint density at radius 2 is 2.00 bits per heavy atom. The average molecular weight is 446 g/mol. The van der Waals surface area contributed by atoms with Gasteiger partial charge in [-0.2, -0.15) is 0 Å². The lowest BCUT2D eigenvalue weighted by molar-refractivity contribution is -0.114. The van der Waals surface area contributed by atoms with Crippen LogP contribution in [-0.2, 0) is 11.2 Å². The number of amides is 1. The third-order valence-corrected chi connectivity index (χ3v) is 4.81. The molecule has 0 spiro atoms. The van der Waals surface area contributed by atoms with Gasteiger partial charge in [0.1, 0.15) is 18.0 Å². The molecular weight excluding hydrogens is 424 g/mol. The van der Waals surface area contributed by atoms with E-state index in [0.717, 1.165) is 5.56 Å². The zero-order valence-corrected chi connectivity index (χ0v) is 18.1. The van der Waals surface area contributed by atoms with Gasteiger partial charge < -0.3 is 15.5 Å². The van der Waals surface area contributed by atoms with Gasteiger partial charge >= 0.3 is 0 Å². The molecule has 0 aliphatic carbocycles. The van der Waals surface area contributed by atoms with Crippen molar-refractivity contribution in [2.75, 3.05) is 31.3 Å². The molecule has 3 rings (SSSR count). The number of aromatic nitrogens is 2. The van der Waals surface area contributed by atoms with Crippen molar-refractivity contribution < 1.29 is 13.6 Å². The first-order chi connectivity index (χ1) is 14.8. The maximum Gasteiger partial charge on any atom is 0.284 e. The molecule has 3 aromatic rings. The van der Waals surface area contributed by atoms with Crippen LogP contribution in [0.25, 0.3) is 10.9 Å². The Morgan fingerprint density at radius 3 is 2.68 bits per heavy atom. The molecule has 6 nitrogen and oxygen atoms in total. The van der Waals surface area contributed by atoms with Crippen LogP contribution in [0, 0.1) is 5.82 Å². The van der Waals surface area contributed by atoms with Crippen LogP contribution in [0.1, 0.15) is 12.5 Å². The fraction of sp³-hybridized carbons (Fsp3) is 0.227. The summed E-state index contributed by atoms with van der Waals surface area (Å²) in [6, 6.07) is 7.73. The highest BCUT2D eigenvalue weighted by atomic mass is 35.5. The van der Waals surface area contributed by atoms with Crippen molar-refractivity contribution in [2.45, 2.75) is 13.3 Å². The lowest BCUT2D eigenvalue weighted by Gasteiger charge is -2.14. The maximum absolute atomic E-state index is 14.2. The number of carbonyl (C=O) groups is 1. The van der Waals surface area contributed by atoms with Crippen molar-refractivity contribution in [1.29, 1.82) is 0 Å². The minimum Gasteiger partial charge on any atom is -0.340 e. The molecule has 0 radical (unpaired) electrons. The Labute approximate surface area is 183 Å². The third-order valence-electron chi connectivity index (χ3n) is 4.52. The monoisotopic (exact) mass is 445 g/mol. The van der Waals surface area contributed by atoms with E-state index in [1.165, 1.54) is 30.6 Å². The quantitative estimate of drug-likeness (QED) is 0.496. The van der Waals surface area contributed by atoms with E-state index in [0.29, 0.717) is 41.1 Å². The highest BCUT2D eigenvalue weighted by Crippen LogP contribution is 2.30. The topological polar surface area (TPSA) is 70.1 Å². The van der Waals surface area contributed by atoms with Crippen molar-refractivity contribution in [1.82, 2.24) is 14.9 Å². The van der Waals surface area contributed by atoms with E-state index in [1.807, 2.05) is 13.0 Å². The van der Waals surface area contributed by atoms with Gasteiger partial charge in [-0.15, -0.1) is 0 Å². The molecule has 0 aliphatic heterocycles. The molecule has 2 N–H and O–H groups in total. The number of rotatable bonds is 7. The summed E-state index contributed by atoms with van der Waals surface area (Å²) in [5.41, 5.74) is 2.44. The molecule has 1 aromatic heterocycles. The van der Waals surface area contributed by atoms with Crippen LogP contribution in [0.3, 0.4) is 0 Å². The maximum atomic E-state index is 14.2. The van der Waals surface area contributed by atoms with E-state index in [1.54, 1.807) is 25.1 Å². The van der Waals surface area contributed by atoms with Gasteiger partial charge in [0.25, 0.3) is 5.91 Å². The van der Waals surface area contributed by atoms with E-state index in [-0.39, 0.29) is 5.02 Å². The number of aryl methyl sites for hydroxylation is 1. The molecule has 0 atom stereocenters. The minimum absolute atomic E-state index is 0.0235. The van der Waals surface area contributed by atoms with Gasteiger partial charge in [0.2, 0.25) is 0 Å². The van der Waals surface area contributed by atoms with Gasteiger partial charge in [0, 0.05) is 23.3 Å². The van der Waals surface area contributed by atoms with Gasteiger partial charge in [-0.05, 0) is 62.5 Å². The highest BCUT2D eigenvalue weighted by Gasteiger charge is 2.14. The van der Waals surface area contributed by atoms with Gasteiger partial charge in [-0.25, -0.2) is 18.7 Å². The lowest BCUT2D eigenvalue weighted by atomic mass is 10.1. The molecule has 0 saturated heterocycles. The molecule has 0 aliphatic rings. The first kappa shape index (κ1) is 22.6. The summed E-state index contributed by atoms with van der Waals surface area (Å²) < 4.78 is 27.6. The summed E-state index contributed by atoms with van der Waals surface area (Å²) in [7, 11) is 3.56. The van der Waals surface area contributed by atoms with Crippen molar-refractivity contribution in [3.63, 3.8) is 0 Å². The molecule has 2 aromatic carbocycles. The fourth-order valence-corrected chi connectivity index (χ4v) is 3.08. The standard InChI is InChI=1S/C22H22ClF2N5O/c1-4-13-9-20-15(11-19(13)29-22(31)18(25)7-8-30(2)3)21(27-12-26-20)28-14-5-6-17(24)16(23)10-14/h5-7,9-12H,4,8H2,1-3H3,(H,29,31)(H,26,27,28)/b18-7-. The molecule has 31 heavy (non-hydrogen) atoms. The molecular formula is C22H22ClF2N5O. The van der Waals surface area contributed by atoms with E-state index in [2.05, 4.69) is 20.6 Å². The van der Waals surface area contributed by atoms with Crippen LogP contribution >= 0.6 is 11.6 Å². The fourth-order valence-electron chi connectivity index (χ4n) is 2.90. The van der Waals surface area contributed by atoms with Crippen LogP contribution in [0.2, 0.25) is 5.02 Å². The Morgan fingerprint density at radius 1 is 1.23 bits per heavy atom. The van der Waals surface area contributed by atoms with E-state index >= 15 is 0 Å². The number of anilines is 3. The third kappa shape index (κ3) is 5.53. The summed E-state index contributed by atoms with van der Waals surface area (Å²) in [4.78, 5) is 22.6. The van der Waals surface area contributed by atoms with E-state index < -0.39 is 17.6 Å². The van der Waals surface area contributed by atoms with Crippen LogP contribution in [0.4, 0.5) is 26.0 Å². The Hall–Kier alpha value is -3.10. The molecule has 0 bridgehead atoms. The van der Waals surface area contributed by atoms with Crippen molar-refractivity contribution in [2.24, 2.45) is 0 Å². The zero-order valence-electron chi connectivity index (χ0n) is 17.3. The molecule has 0 unspecified atom stereocenters. The number of hydrogen-bond acceptors (Lipinski definition) is 5. The predicted octanol–water partition coefficient (Wildman–Crippen LogP) is 5.08. The molecule has 162 valence electrons. The Balaban J connectivity index is 1.97. The van der Waals surface area contributed by atoms with Crippen LogP contribution < -0.4 is 10.6 Å². The average Bonchev–Trinajstić information content (AvgIpc) is 2.74. The van der Waals surface area contributed by atoms with Gasteiger partial charge in [0.05, 0.1) is 10.5 Å². The number of hydrogen-bond donors (Lipinski definition) is 2. The first-order valence-electron chi connectivity index (χ1n) is 9.60. The smallest absolute Gasteiger partial charge is 0.284 e. The summed E-state index contributed by atoms with van der Waals surface area (Å²) in [5.74, 6) is -1.77. The number of likely N-dealkylation sites (N-methyl/N-ethyl adjacent to an activating group) is 1. The minimum atomic E-state index is -0.862. The normalized spacial score (nSPS) is 11.8. The van der Waals surface area contributed by atoms with Crippen LogP contribution in [-0.4, -0.2) is 41.4 Å². The largest absolute Gasteiger partial charge is 0.340 e. The number of halogens is 3. The predicted molar refractivity (Wildman–Crippen MR) is 120 cm³/mol. The number of fused-ring (bicyclic) bond motifs is 1. The van der Waals surface area contributed by atoms with E-state index in [4.69, 9.17) is 11.6 Å². The molecule has 0 saturated carbocycles. The first-order valence-corrected chi connectivity index (χ1v) is 9.97. The molecule has 0 fully saturated rings. The highest BCUT2D eigenvalue weighted by molar-refractivity contribution is 6.31. The zero-order chi connectivity index (χ0) is 22.5. The Kier molecular flexibility index (Phi) is 7.14. The lowest BCUT2D eigenvalue weighted by Crippen LogP contribution is -2.16. The molecule has 9 heteroatoms. The van der Waals surface area contributed by atoms with Crippen LogP contribution in [0.15, 0.2) is 48.6 Å². The van der Waals surface area contributed by atoms with E-state index in [9.17, 15) is 13.6 Å². The van der Waals surface area contributed by atoms with Crippen molar-refractivity contribution in [3.8, 4) is 0 Å². The summed E-state index contributed by atoms with van der Waals surface area (Å²) >= 11 is 5.86. The van der Waals surface area contributed by atoms with Gasteiger partial charge in [-0.3, -0.25) is 4.79 Å². The number of nitrogens with one attached hydrogen (secondary N) is 2. The number of benzene rings is 2. The van der Waals surface area contributed by atoms with Gasteiger partial charge in [0.15, 0.2) is 5.83 Å². The van der Waals surface area contributed by atoms with Crippen LogP contribution in [0.5, 0.6) is 0 Å². The summed E-state index contributed by atoms with van der Waals surface area (Å²) in [6.45, 7) is 2.23. The second kappa shape index (κ2) is 9.80. The Bertz CT molecular complexity index is 1150. The SMILES string of the molecule is CCc1cc2ncnc(Nc3ccc(F)c(Cl)c3)c2cc1NC(=O)/C(F)=C/CN(C)C.